The van der Waals surface area contributed by atoms with Crippen LogP contribution in [0.2, 0.25) is 0 Å². The van der Waals surface area contributed by atoms with Crippen LogP contribution >= 0.6 is 0 Å². The minimum Gasteiger partial charge on any atom is -0.351 e. The third kappa shape index (κ3) is 4.36. The highest BCUT2D eigenvalue weighted by Gasteiger charge is 2.20. The lowest BCUT2D eigenvalue weighted by molar-refractivity contribution is -0.148. The van der Waals surface area contributed by atoms with Gasteiger partial charge in [-0.3, -0.25) is 4.68 Å². The molecule has 0 amide bonds. The topological polar surface area (TPSA) is 75.2 Å². The summed E-state index contributed by atoms with van der Waals surface area (Å²) in [5.41, 5.74) is 6.12. The second kappa shape index (κ2) is 8.18. The molecule has 0 fully saturated rings. The van der Waals surface area contributed by atoms with Gasteiger partial charge in [0.1, 0.15) is 12.2 Å². The lowest BCUT2D eigenvalue weighted by atomic mass is 10.2. The van der Waals surface area contributed by atoms with Crippen molar-refractivity contribution in [2.24, 2.45) is 5.73 Å². The summed E-state index contributed by atoms with van der Waals surface area (Å²) in [5.74, 6) is 0.883. The van der Waals surface area contributed by atoms with Crippen molar-refractivity contribution in [2.75, 3.05) is 13.2 Å². The zero-order chi connectivity index (χ0) is 13.4. The Hall–Kier alpha value is -0.980. The van der Waals surface area contributed by atoms with Gasteiger partial charge in [0, 0.05) is 26.2 Å². The summed E-state index contributed by atoms with van der Waals surface area (Å²) in [4.78, 5) is 4.24. The second-order valence-corrected chi connectivity index (χ2v) is 4.05. The molecule has 1 heterocycles. The van der Waals surface area contributed by atoms with Gasteiger partial charge < -0.3 is 15.2 Å². The van der Waals surface area contributed by atoms with Gasteiger partial charge in [0.2, 0.25) is 0 Å². The largest absolute Gasteiger partial charge is 0.351 e. The molecule has 0 saturated heterocycles. The maximum absolute atomic E-state index is 6.12. The quantitative estimate of drug-likeness (QED) is 0.666. The van der Waals surface area contributed by atoms with Crippen molar-refractivity contribution in [3.05, 3.63) is 12.2 Å². The van der Waals surface area contributed by atoms with Crippen molar-refractivity contribution in [3.8, 4) is 0 Å². The van der Waals surface area contributed by atoms with E-state index in [9.17, 15) is 0 Å². The molecule has 0 bridgehead atoms. The van der Waals surface area contributed by atoms with Crippen LogP contribution in [-0.4, -0.2) is 40.3 Å². The van der Waals surface area contributed by atoms with Gasteiger partial charge in [0.15, 0.2) is 6.29 Å². The lowest BCUT2D eigenvalue weighted by Crippen LogP contribution is -2.41. The molecule has 6 heteroatoms. The maximum atomic E-state index is 6.12. The van der Waals surface area contributed by atoms with E-state index in [1.54, 1.807) is 6.33 Å². The van der Waals surface area contributed by atoms with Gasteiger partial charge in [-0.1, -0.05) is 6.92 Å². The average Bonchev–Trinajstić information content (AvgIpc) is 2.77. The maximum Gasteiger partial charge on any atom is 0.172 e. The highest BCUT2D eigenvalue weighted by Crippen LogP contribution is 2.07. The minimum absolute atomic E-state index is 0.232. The number of aromatic nitrogens is 3. The molecule has 1 aromatic heterocycles. The van der Waals surface area contributed by atoms with Crippen LogP contribution in [0.5, 0.6) is 0 Å². The molecule has 104 valence electrons. The Morgan fingerprint density at radius 1 is 1.28 bits per heavy atom. The molecule has 1 rings (SSSR count). The van der Waals surface area contributed by atoms with E-state index >= 15 is 0 Å². The van der Waals surface area contributed by atoms with Crippen LogP contribution in [-0.2, 0) is 22.4 Å². The van der Waals surface area contributed by atoms with Crippen LogP contribution in [0.1, 0.15) is 33.0 Å². The van der Waals surface area contributed by atoms with E-state index in [1.807, 2.05) is 18.5 Å². The fraction of sp³-hybridized carbons (Fsp3) is 0.833. The molecule has 0 spiro atoms. The molecule has 1 unspecified atom stereocenters. The highest BCUT2D eigenvalue weighted by molar-refractivity contribution is 4.90. The van der Waals surface area contributed by atoms with Gasteiger partial charge in [-0.15, -0.1) is 0 Å². The molecule has 18 heavy (non-hydrogen) atoms. The molecule has 6 nitrogen and oxygen atoms in total. The highest BCUT2D eigenvalue weighted by atomic mass is 16.7. The average molecular weight is 256 g/mol. The smallest absolute Gasteiger partial charge is 0.172 e. The van der Waals surface area contributed by atoms with Gasteiger partial charge in [0.05, 0.1) is 6.04 Å². The van der Waals surface area contributed by atoms with Gasteiger partial charge in [-0.25, -0.2) is 4.98 Å². The van der Waals surface area contributed by atoms with E-state index in [0.29, 0.717) is 19.6 Å². The van der Waals surface area contributed by atoms with E-state index in [2.05, 4.69) is 17.0 Å². The predicted molar refractivity (Wildman–Crippen MR) is 69.0 cm³/mol. The first-order valence-electron chi connectivity index (χ1n) is 6.58. The van der Waals surface area contributed by atoms with E-state index in [-0.39, 0.29) is 12.3 Å². The number of aryl methyl sites for hydroxylation is 1. The van der Waals surface area contributed by atoms with E-state index in [0.717, 1.165) is 18.8 Å². The molecule has 0 radical (unpaired) electrons. The molecule has 1 atom stereocenters. The van der Waals surface area contributed by atoms with Crippen molar-refractivity contribution in [1.29, 1.82) is 0 Å². The van der Waals surface area contributed by atoms with Gasteiger partial charge in [-0.05, 0) is 20.3 Å². The first-order chi connectivity index (χ1) is 8.72. The molecule has 0 aliphatic heterocycles. The Bertz CT molecular complexity index is 324. The fourth-order valence-electron chi connectivity index (χ4n) is 1.78. The Morgan fingerprint density at radius 3 is 2.50 bits per heavy atom. The van der Waals surface area contributed by atoms with Crippen molar-refractivity contribution in [3.63, 3.8) is 0 Å². The Morgan fingerprint density at radius 2 is 1.94 bits per heavy atom. The number of hydrogen-bond donors (Lipinski definition) is 1. The lowest BCUT2D eigenvalue weighted by Gasteiger charge is -2.23. The molecule has 0 aliphatic carbocycles. The van der Waals surface area contributed by atoms with Crippen molar-refractivity contribution < 1.29 is 9.47 Å². The van der Waals surface area contributed by atoms with Crippen LogP contribution in [0.3, 0.4) is 0 Å². The zero-order valence-electron chi connectivity index (χ0n) is 11.5. The van der Waals surface area contributed by atoms with E-state index in [4.69, 9.17) is 15.2 Å². The summed E-state index contributed by atoms with van der Waals surface area (Å²) in [6.45, 7) is 7.99. The summed E-state index contributed by atoms with van der Waals surface area (Å²) in [5, 5.41) is 4.18. The SMILES string of the molecule is CCCn1ncnc1CC(N)C(OCC)OCC. The van der Waals surface area contributed by atoms with E-state index < -0.39 is 0 Å². The minimum atomic E-state index is -0.383. The predicted octanol–water partition coefficient (Wildman–Crippen LogP) is 0.957. The first-order valence-corrected chi connectivity index (χ1v) is 6.58. The molecule has 1 aromatic rings. The zero-order valence-corrected chi connectivity index (χ0v) is 11.5. The molecule has 2 N–H and O–H groups in total. The normalized spacial score (nSPS) is 13.2. The van der Waals surface area contributed by atoms with Gasteiger partial charge in [-0.2, -0.15) is 5.10 Å². The van der Waals surface area contributed by atoms with Gasteiger partial charge >= 0.3 is 0 Å². The van der Waals surface area contributed by atoms with Crippen molar-refractivity contribution in [1.82, 2.24) is 14.8 Å². The van der Waals surface area contributed by atoms with Crippen LogP contribution < -0.4 is 5.73 Å². The van der Waals surface area contributed by atoms with Crippen molar-refractivity contribution in [2.45, 2.75) is 52.5 Å². The number of nitrogens with two attached hydrogens (primary N) is 1. The molecule has 0 aromatic carbocycles. The Kier molecular flexibility index (Phi) is 6.85. The molecule has 0 aliphatic rings. The van der Waals surface area contributed by atoms with Crippen LogP contribution in [0, 0.1) is 0 Å². The summed E-state index contributed by atoms with van der Waals surface area (Å²) in [6, 6.07) is -0.232. The number of ether oxygens (including phenoxy) is 2. The third-order valence-corrected chi connectivity index (χ3v) is 2.56. The van der Waals surface area contributed by atoms with Crippen LogP contribution in [0.25, 0.3) is 0 Å². The fourth-order valence-corrected chi connectivity index (χ4v) is 1.78. The Labute approximate surface area is 108 Å². The number of rotatable bonds is 9. The molecular weight excluding hydrogens is 232 g/mol. The molecule has 0 saturated carbocycles. The summed E-state index contributed by atoms with van der Waals surface area (Å²) >= 11 is 0. The molecular formula is C12H24N4O2. The monoisotopic (exact) mass is 256 g/mol. The summed E-state index contributed by atoms with van der Waals surface area (Å²) in [7, 11) is 0. The number of hydrogen-bond acceptors (Lipinski definition) is 5. The standard InChI is InChI=1S/C12H24N4O2/c1-4-7-16-11(14-9-15-16)8-10(13)12(17-5-2)18-6-3/h9-10,12H,4-8,13H2,1-3H3. The summed E-state index contributed by atoms with van der Waals surface area (Å²) < 4.78 is 12.9. The van der Waals surface area contributed by atoms with Crippen LogP contribution in [0.15, 0.2) is 6.33 Å². The third-order valence-electron chi connectivity index (χ3n) is 2.56. The number of nitrogens with zero attached hydrogens (tertiary/aromatic N) is 3. The van der Waals surface area contributed by atoms with Gasteiger partial charge in [0.25, 0.3) is 0 Å². The second-order valence-electron chi connectivity index (χ2n) is 4.05. The first kappa shape index (κ1) is 15.1. The van der Waals surface area contributed by atoms with Crippen molar-refractivity contribution >= 4 is 0 Å². The van der Waals surface area contributed by atoms with Crippen LogP contribution in [0.4, 0.5) is 0 Å². The van der Waals surface area contributed by atoms with E-state index in [1.165, 1.54) is 0 Å². The summed E-state index contributed by atoms with van der Waals surface area (Å²) in [6.07, 6.45) is 2.80. The Balaban J connectivity index is 2.60.